The number of hydrogen-bond acceptors (Lipinski definition) is 6. The molecule has 0 saturated carbocycles. The van der Waals surface area contributed by atoms with Crippen LogP contribution in [0.4, 0.5) is 0 Å². The van der Waals surface area contributed by atoms with Gasteiger partial charge < -0.3 is 18.9 Å². The van der Waals surface area contributed by atoms with Crippen LogP contribution in [-0.4, -0.2) is 40.6 Å². The van der Waals surface area contributed by atoms with Crippen LogP contribution in [0.15, 0.2) is 59.1 Å². The molecule has 7 heteroatoms. The van der Waals surface area contributed by atoms with Crippen LogP contribution in [0.5, 0.6) is 11.5 Å². The SMILES string of the molecule is Cc1ccc(OCc2nc(C3CCN(C(=O)COc4ccccc4)C3)no2)cc1. The van der Waals surface area contributed by atoms with Gasteiger partial charge in [0.1, 0.15) is 11.5 Å². The fraction of sp³-hybridized carbons (Fsp3) is 0.318. The van der Waals surface area contributed by atoms with Crippen LogP contribution < -0.4 is 9.47 Å². The van der Waals surface area contributed by atoms with Crippen molar-refractivity contribution in [2.45, 2.75) is 25.9 Å². The minimum Gasteiger partial charge on any atom is -0.484 e. The third kappa shape index (κ3) is 4.93. The Labute approximate surface area is 169 Å². The van der Waals surface area contributed by atoms with Gasteiger partial charge in [0.15, 0.2) is 19.0 Å². The molecule has 1 aliphatic heterocycles. The predicted octanol–water partition coefficient (Wildman–Crippen LogP) is 3.35. The Hall–Kier alpha value is -3.35. The second-order valence-corrected chi connectivity index (χ2v) is 7.08. The summed E-state index contributed by atoms with van der Waals surface area (Å²) in [6, 6.07) is 17.1. The molecule has 1 atom stereocenters. The lowest BCUT2D eigenvalue weighted by Gasteiger charge is -2.16. The Morgan fingerprint density at radius 3 is 2.66 bits per heavy atom. The lowest BCUT2D eigenvalue weighted by Crippen LogP contribution is -2.32. The largest absolute Gasteiger partial charge is 0.484 e. The van der Waals surface area contributed by atoms with Gasteiger partial charge in [-0.3, -0.25) is 4.79 Å². The summed E-state index contributed by atoms with van der Waals surface area (Å²) in [6.45, 7) is 3.49. The number of nitrogens with zero attached hydrogens (tertiary/aromatic N) is 3. The van der Waals surface area contributed by atoms with Gasteiger partial charge in [-0.15, -0.1) is 0 Å². The molecule has 1 fully saturated rings. The first-order valence-corrected chi connectivity index (χ1v) is 9.65. The van der Waals surface area contributed by atoms with E-state index in [1.165, 1.54) is 5.56 Å². The number of likely N-dealkylation sites (tertiary alicyclic amines) is 1. The third-order valence-corrected chi connectivity index (χ3v) is 4.88. The van der Waals surface area contributed by atoms with Gasteiger partial charge in [-0.1, -0.05) is 41.1 Å². The maximum absolute atomic E-state index is 12.4. The number of rotatable bonds is 7. The molecule has 0 radical (unpaired) electrons. The first kappa shape index (κ1) is 19.0. The topological polar surface area (TPSA) is 77.7 Å². The van der Waals surface area contributed by atoms with E-state index in [-0.39, 0.29) is 25.0 Å². The van der Waals surface area contributed by atoms with Crippen molar-refractivity contribution in [2.75, 3.05) is 19.7 Å². The number of carbonyl (C=O) groups excluding carboxylic acids is 1. The summed E-state index contributed by atoms with van der Waals surface area (Å²) < 4.78 is 16.5. The van der Waals surface area contributed by atoms with E-state index in [0.29, 0.717) is 30.6 Å². The van der Waals surface area contributed by atoms with E-state index < -0.39 is 0 Å². The summed E-state index contributed by atoms with van der Waals surface area (Å²) in [5.41, 5.74) is 1.17. The monoisotopic (exact) mass is 393 g/mol. The molecule has 0 bridgehead atoms. The summed E-state index contributed by atoms with van der Waals surface area (Å²) >= 11 is 0. The number of aromatic nitrogens is 2. The van der Waals surface area contributed by atoms with Crippen molar-refractivity contribution in [3.8, 4) is 11.5 Å². The van der Waals surface area contributed by atoms with E-state index in [4.69, 9.17) is 14.0 Å². The van der Waals surface area contributed by atoms with Crippen molar-refractivity contribution in [3.63, 3.8) is 0 Å². The van der Waals surface area contributed by atoms with Gasteiger partial charge >= 0.3 is 0 Å². The molecule has 3 aromatic rings. The van der Waals surface area contributed by atoms with Gasteiger partial charge in [0.2, 0.25) is 0 Å². The molecule has 7 nitrogen and oxygen atoms in total. The molecule has 29 heavy (non-hydrogen) atoms. The second-order valence-electron chi connectivity index (χ2n) is 7.08. The van der Waals surface area contributed by atoms with Crippen LogP contribution in [-0.2, 0) is 11.4 Å². The summed E-state index contributed by atoms with van der Waals surface area (Å²) in [5, 5.41) is 4.08. The third-order valence-electron chi connectivity index (χ3n) is 4.88. The normalized spacial score (nSPS) is 16.0. The van der Waals surface area contributed by atoms with E-state index in [9.17, 15) is 4.79 Å². The Morgan fingerprint density at radius 2 is 1.86 bits per heavy atom. The zero-order chi connectivity index (χ0) is 20.1. The molecular weight excluding hydrogens is 370 g/mol. The fourth-order valence-electron chi connectivity index (χ4n) is 3.22. The minimum atomic E-state index is -0.0391. The first-order valence-electron chi connectivity index (χ1n) is 9.65. The summed E-state index contributed by atoms with van der Waals surface area (Å²) in [4.78, 5) is 18.6. The highest BCUT2D eigenvalue weighted by Crippen LogP contribution is 2.25. The Bertz CT molecular complexity index is 940. The van der Waals surface area contributed by atoms with Crippen molar-refractivity contribution in [3.05, 3.63) is 71.9 Å². The molecule has 1 aliphatic rings. The molecule has 0 N–H and O–H groups in total. The lowest BCUT2D eigenvalue weighted by molar-refractivity contribution is -0.132. The average Bonchev–Trinajstić information content (AvgIpc) is 3.42. The molecule has 0 spiro atoms. The number of para-hydroxylation sites is 1. The van der Waals surface area contributed by atoms with E-state index >= 15 is 0 Å². The van der Waals surface area contributed by atoms with Crippen molar-refractivity contribution in [1.82, 2.24) is 15.0 Å². The second kappa shape index (κ2) is 8.77. The van der Waals surface area contributed by atoms with Gasteiger partial charge in [0.25, 0.3) is 11.8 Å². The molecule has 0 aliphatic carbocycles. The zero-order valence-electron chi connectivity index (χ0n) is 16.3. The molecule has 1 aromatic heterocycles. The van der Waals surface area contributed by atoms with E-state index in [2.05, 4.69) is 10.1 Å². The Balaban J connectivity index is 1.26. The fourth-order valence-corrected chi connectivity index (χ4v) is 3.22. The minimum absolute atomic E-state index is 0.0264. The van der Waals surface area contributed by atoms with E-state index in [1.54, 1.807) is 4.90 Å². The van der Waals surface area contributed by atoms with E-state index in [1.807, 2.05) is 61.5 Å². The molecular formula is C22H23N3O4. The van der Waals surface area contributed by atoms with Gasteiger partial charge in [0.05, 0.1) is 0 Å². The quantitative estimate of drug-likeness (QED) is 0.613. The van der Waals surface area contributed by atoms with E-state index in [0.717, 1.165) is 12.2 Å². The molecule has 2 aromatic carbocycles. The van der Waals surface area contributed by atoms with Crippen LogP contribution in [0.25, 0.3) is 0 Å². The van der Waals surface area contributed by atoms with Crippen LogP contribution in [0, 0.1) is 6.92 Å². The van der Waals surface area contributed by atoms with Gasteiger partial charge in [-0.2, -0.15) is 4.98 Å². The molecule has 1 amide bonds. The average molecular weight is 393 g/mol. The number of hydrogen-bond donors (Lipinski definition) is 0. The standard InChI is InChI=1S/C22H23N3O4/c1-16-7-9-19(10-8-16)27-14-20-23-22(24-29-20)17-11-12-25(13-17)21(26)15-28-18-5-3-2-4-6-18/h2-10,17H,11-15H2,1H3. The van der Waals surface area contributed by atoms with Gasteiger partial charge in [0, 0.05) is 19.0 Å². The molecule has 4 rings (SSSR count). The zero-order valence-corrected chi connectivity index (χ0v) is 16.3. The number of amides is 1. The van der Waals surface area contributed by atoms with Gasteiger partial charge in [-0.25, -0.2) is 0 Å². The van der Waals surface area contributed by atoms with Crippen LogP contribution in [0.3, 0.4) is 0 Å². The summed E-state index contributed by atoms with van der Waals surface area (Å²) in [7, 11) is 0. The number of aryl methyl sites for hydroxylation is 1. The Kier molecular flexibility index (Phi) is 5.74. The molecule has 1 unspecified atom stereocenters. The predicted molar refractivity (Wildman–Crippen MR) is 106 cm³/mol. The summed E-state index contributed by atoms with van der Waals surface area (Å²) in [6.07, 6.45) is 0.800. The highest BCUT2D eigenvalue weighted by atomic mass is 16.5. The van der Waals surface area contributed by atoms with Gasteiger partial charge in [-0.05, 0) is 37.6 Å². The van der Waals surface area contributed by atoms with Crippen molar-refractivity contribution >= 4 is 5.91 Å². The smallest absolute Gasteiger partial charge is 0.264 e. The van der Waals surface area contributed by atoms with Crippen LogP contribution >= 0.6 is 0 Å². The number of ether oxygens (including phenoxy) is 2. The van der Waals surface area contributed by atoms with Crippen LogP contribution in [0.2, 0.25) is 0 Å². The maximum atomic E-state index is 12.4. The highest BCUT2D eigenvalue weighted by Gasteiger charge is 2.30. The van der Waals surface area contributed by atoms with Crippen LogP contribution in [0.1, 0.15) is 29.6 Å². The Morgan fingerprint density at radius 1 is 1.10 bits per heavy atom. The molecule has 2 heterocycles. The van der Waals surface area contributed by atoms with Crippen molar-refractivity contribution < 1.29 is 18.8 Å². The number of benzene rings is 2. The van der Waals surface area contributed by atoms with Crippen molar-refractivity contribution in [1.29, 1.82) is 0 Å². The number of carbonyl (C=O) groups is 1. The molecule has 150 valence electrons. The maximum Gasteiger partial charge on any atom is 0.264 e. The van der Waals surface area contributed by atoms with Crippen molar-refractivity contribution in [2.24, 2.45) is 0 Å². The molecule has 1 saturated heterocycles. The lowest BCUT2D eigenvalue weighted by atomic mass is 10.1. The first-order chi connectivity index (χ1) is 14.2. The highest BCUT2D eigenvalue weighted by molar-refractivity contribution is 5.78. The summed E-state index contributed by atoms with van der Waals surface area (Å²) in [5.74, 6) is 2.51.